The number of nitrogens with zero attached hydrogens (tertiary/aromatic N) is 1. The third-order valence-electron chi connectivity index (χ3n) is 3.36. The zero-order valence-corrected chi connectivity index (χ0v) is 12.1. The summed E-state index contributed by atoms with van der Waals surface area (Å²) in [4.78, 5) is 0.0791. The van der Waals surface area contributed by atoms with E-state index in [2.05, 4.69) is 0 Å². The Morgan fingerprint density at radius 3 is 2.45 bits per heavy atom. The first-order chi connectivity index (χ1) is 9.53. The summed E-state index contributed by atoms with van der Waals surface area (Å²) in [7, 11) is -3.90. The van der Waals surface area contributed by atoms with Gasteiger partial charge in [-0.3, -0.25) is 0 Å². The summed E-state index contributed by atoms with van der Waals surface area (Å²) in [6.45, 7) is 2.95. The molecule has 6 heteroatoms. The van der Waals surface area contributed by atoms with Crippen molar-refractivity contribution in [2.24, 2.45) is 5.92 Å². The third-order valence-corrected chi connectivity index (χ3v) is 4.67. The molecule has 0 N–H and O–H groups in total. The van der Waals surface area contributed by atoms with E-state index >= 15 is 0 Å². The fourth-order valence-electron chi connectivity index (χ4n) is 2.12. The second kappa shape index (κ2) is 6.35. The minimum atomic E-state index is -3.90. The van der Waals surface area contributed by atoms with Crippen molar-refractivity contribution in [3.05, 3.63) is 29.8 Å². The molecule has 1 aliphatic heterocycles. The first-order valence-corrected chi connectivity index (χ1v) is 7.91. The van der Waals surface area contributed by atoms with Gasteiger partial charge in [0.05, 0.1) is 11.0 Å². The largest absolute Gasteiger partial charge is 0.381 e. The molecule has 1 aromatic rings. The van der Waals surface area contributed by atoms with E-state index in [0.717, 1.165) is 5.56 Å². The van der Waals surface area contributed by atoms with E-state index in [9.17, 15) is 8.42 Å². The minimum absolute atomic E-state index is 0.0791. The lowest BCUT2D eigenvalue weighted by molar-refractivity contribution is 0.0355. The van der Waals surface area contributed by atoms with Gasteiger partial charge in [0.15, 0.2) is 6.10 Å². The first kappa shape index (κ1) is 15.0. The Balaban J connectivity index is 2.13. The second-order valence-electron chi connectivity index (χ2n) is 4.86. The highest BCUT2D eigenvalue weighted by atomic mass is 32.2. The molecule has 1 fully saturated rings. The maximum absolute atomic E-state index is 12.2. The summed E-state index contributed by atoms with van der Waals surface area (Å²) in [5.74, 6) is -0.103. The Morgan fingerprint density at radius 1 is 1.30 bits per heavy atom. The van der Waals surface area contributed by atoms with Crippen LogP contribution in [0.15, 0.2) is 29.2 Å². The van der Waals surface area contributed by atoms with Crippen LogP contribution in [0.1, 0.15) is 18.4 Å². The maximum Gasteiger partial charge on any atom is 0.298 e. The minimum Gasteiger partial charge on any atom is -0.381 e. The molecule has 0 aliphatic carbocycles. The van der Waals surface area contributed by atoms with Gasteiger partial charge in [0, 0.05) is 19.1 Å². The summed E-state index contributed by atoms with van der Waals surface area (Å²) in [5, 5.41) is 9.15. The fourth-order valence-corrected chi connectivity index (χ4v) is 3.17. The van der Waals surface area contributed by atoms with Crippen LogP contribution in [-0.4, -0.2) is 27.7 Å². The van der Waals surface area contributed by atoms with Crippen molar-refractivity contribution in [2.45, 2.75) is 30.8 Å². The highest BCUT2D eigenvalue weighted by molar-refractivity contribution is 7.86. The van der Waals surface area contributed by atoms with Crippen molar-refractivity contribution in [2.75, 3.05) is 13.2 Å². The number of hydrogen-bond donors (Lipinski definition) is 0. The number of benzene rings is 1. The average Bonchev–Trinajstić information content (AvgIpc) is 2.46. The van der Waals surface area contributed by atoms with Crippen molar-refractivity contribution >= 4 is 10.1 Å². The fraction of sp³-hybridized carbons (Fsp3) is 0.500. The zero-order chi connectivity index (χ0) is 14.6. The molecule has 1 unspecified atom stereocenters. The van der Waals surface area contributed by atoms with E-state index in [-0.39, 0.29) is 10.8 Å². The van der Waals surface area contributed by atoms with Gasteiger partial charge in [-0.2, -0.15) is 13.7 Å². The van der Waals surface area contributed by atoms with E-state index < -0.39 is 16.2 Å². The Morgan fingerprint density at radius 2 is 1.90 bits per heavy atom. The molecule has 0 spiro atoms. The molecule has 1 atom stereocenters. The van der Waals surface area contributed by atoms with E-state index in [1.807, 2.05) is 13.0 Å². The number of nitriles is 1. The number of hydrogen-bond acceptors (Lipinski definition) is 5. The molecule has 0 amide bonds. The van der Waals surface area contributed by atoms with Crippen LogP contribution in [0.2, 0.25) is 0 Å². The normalized spacial score (nSPS) is 18.4. The quantitative estimate of drug-likeness (QED) is 0.794. The van der Waals surface area contributed by atoms with E-state index in [0.29, 0.717) is 26.1 Å². The van der Waals surface area contributed by atoms with Crippen LogP contribution in [-0.2, 0) is 19.0 Å². The summed E-state index contributed by atoms with van der Waals surface area (Å²) in [5.41, 5.74) is 0.963. The van der Waals surface area contributed by atoms with E-state index in [1.54, 1.807) is 12.1 Å². The van der Waals surface area contributed by atoms with Gasteiger partial charge in [-0.05, 0) is 31.9 Å². The van der Waals surface area contributed by atoms with Gasteiger partial charge in [-0.1, -0.05) is 17.7 Å². The second-order valence-corrected chi connectivity index (χ2v) is 6.44. The van der Waals surface area contributed by atoms with Gasteiger partial charge >= 0.3 is 0 Å². The van der Waals surface area contributed by atoms with Crippen LogP contribution in [0.4, 0.5) is 0 Å². The van der Waals surface area contributed by atoms with E-state index in [1.165, 1.54) is 12.1 Å². The van der Waals surface area contributed by atoms with E-state index in [4.69, 9.17) is 14.2 Å². The van der Waals surface area contributed by atoms with Gasteiger partial charge in [-0.25, -0.2) is 4.18 Å². The molecule has 0 bridgehead atoms. The molecule has 108 valence electrons. The maximum atomic E-state index is 12.2. The molecular weight excluding hydrogens is 278 g/mol. The predicted octanol–water partition coefficient (Wildman–Crippen LogP) is 2.02. The van der Waals surface area contributed by atoms with Crippen LogP contribution in [0.3, 0.4) is 0 Å². The van der Waals surface area contributed by atoms with Gasteiger partial charge in [0.2, 0.25) is 0 Å². The highest BCUT2D eigenvalue weighted by Crippen LogP contribution is 2.24. The lowest BCUT2D eigenvalue weighted by Gasteiger charge is -2.25. The summed E-state index contributed by atoms with van der Waals surface area (Å²) in [6.07, 6.45) is 0.328. The average molecular weight is 295 g/mol. The molecule has 1 aromatic carbocycles. The van der Waals surface area contributed by atoms with Gasteiger partial charge < -0.3 is 4.74 Å². The smallest absolute Gasteiger partial charge is 0.298 e. The summed E-state index contributed by atoms with van der Waals surface area (Å²) < 4.78 is 34.6. The van der Waals surface area contributed by atoms with Crippen molar-refractivity contribution < 1.29 is 17.3 Å². The van der Waals surface area contributed by atoms with Crippen LogP contribution in [0.5, 0.6) is 0 Å². The Labute approximate surface area is 119 Å². The Hall–Kier alpha value is -1.42. The van der Waals surface area contributed by atoms with Gasteiger partial charge in [-0.15, -0.1) is 0 Å². The molecule has 5 nitrogen and oxygen atoms in total. The molecule has 1 aliphatic rings. The van der Waals surface area contributed by atoms with Crippen molar-refractivity contribution in [1.29, 1.82) is 5.26 Å². The predicted molar refractivity (Wildman–Crippen MR) is 72.4 cm³/mol. The van der Waals surface area contributed by atoms with Gasteiger partial charge in [0.25, 0.3) is 10.1 Å². The SMILES string of the molecule is Cc1ccc(S(=O)(=O)OC(C#N)C2CCOCC2)cc1. The number of aryl methyl sites for hydroxylation is 1. The van der Waals surface area contributed by atoms with Crippen LogP contribution in [0.25, 0.3) is 0 Å². The Bertz CT molecular complexity index is 583. The van der Waals surface area contributed by atoms with Gasteiger partial charge in [0.1, 0.15) is 0 Å². The first-order valence-electron chi connectivity index (χ1n) is 6.50. The topological polar surface area (TPSA) is 76.4 Å². The van der Waals surface area contributed by atoms with Crippen LogP contribution in [0, 0.1) is 24.2 Å². The number of rotatable bonds is 4. The Kier molecular flexibility index (Phi) is 4.76. The summed E-state index contributed by atoms with van der Waals surface area (Å²) in [6, 6.07) is 8.33. The summed E-state index contributed by atoms with van der Waals surface area (Å²) >= 11 is 0. The van der Waals surface area contributed by atoms with Crippen LogP contribution >= 0.6 is 0 Å². The lowest BCUT2D eigenvalue weighted by Crippen LogP contribution is -2.30. The molecule has 20 heavy (non-hydrogen) atoms. The molecular formula is C14H17NO4S. The van der Waals surface area contributed by atoms with Crippen LogP contribution < -0.4 is 0 Å². The zero-order valence-electron chi connectivity index (χ0n) is 11.3. The third kappa shape index (κ3) is 3.57. The molecule has 0 aromatic heterocycles. The van der Waals surface area contributed by atoms with Crippen molar-refractivity contribution in [3.8, 4) is 6.07 Å². The van der Waals surface area contributed by atoms with Crippen molar-refractivity contribution in [1.82, 2.24) is 0 Å². The molecule has 2 rings (SSSR count). The van der Waals surface area contributed by atoms with Crippen molar-refractivity contribution in [3.63, 3.8) is 0 Å². The lowest BCUT2D eigenvalue weighted by atomic mass is 9.95. The molecule has 1 heterocycles. The number of ether oxygens (including phenoxy) is 1. The molecule has 1 saturated heterocycles. The highest BCUT2D eigenvalue weighted by Gasteiger charge is 2.30. The molecule has 0 radical (unpaired) electrons. The monoisotopic (exact) mass is 295 g/mol. The standard InChI is InChI=1S/C14H17NO4S/c1-11-2-4-13(5-3-11)20(16,17)19-14(10-15)12-6-8-18-9-7-12/h2-5,12,14H,6-9H2,1H3. The molecule has 0 saturated carbocycles.